The molecule has 1 fully saturated rings. The van der Waals surface area contributed by atoms with E-state index in [9.17, 15) is 24.6 Å². The second-order valence-electron chi connectivity index (χ2n) is 6.62. The van der Waals surface area contributed by atoms with Gasteiger partial charge in [0.1, 0.15) is 5.60 Å². The molecule has 0 aromatic carbocycles. The third-order valence-corrected chi connectivity index (χ3v) is 3.57. The molecule has 22 heavy (non-hydrogen) atoms. The van der Waals surface area contributed by atoms with Gasteiger partial charge in [0.25, 0.3) is 5.91 Å². The van der Waals surface area contributed by atoms with Crippen LogP contribution in [-0.4, -0.2) is 47.1 Å². The highest BCUT2D eigenvalue weighted by molar-refractivity contribution is 5.77. The van der Waals surface area contributed by atoms with Gasteiger partial charge in [-0.05, 0) is 33.6 Å². The Bertz CT molecular complexity index is 463. The number of piperidine rings is 1. The molecule has 1 rings (SSSR count). The standard InChI is InChI=1S/C13H21N3O6/c1-12(2,3)22-11(18)15-6-4-13(5-7-15,9-16(20)21)8-10(17)14-19/h4-9H2,1-3H3. The van der Waals surface area contributed by atoms with Crippen molar-refractivity contribution in [2.75, 3.05) is 19.6 Å². The first-order valence-corrected chi connectivity index (χ1v) is 7.03. The van der Waals surface area contributed by atoms with Gasteiger partial charge in [-0.2, -0.15) is 0 Å². The first-order chi connectivity index (χ1) is 10.1. The Morgan fingerprint density at radius 1 is 1.32 bits per heavy atom. The third kappa shape index (κ3) is 5.38. The van der Waals surface area contributed by atoms with Gasteiger partial charge < -0.3 is 9.64 Å². The van der Waals surface area contributed by atoms with E-state index < -0.39 is 34.5 Å². The van der Waals surface area contributed by atoms with Gasteiger partial charge in [-0.3, -0.25) is 14.9 Å². The molecule has 0 saturated carbocycles. The Balaban J connectivity index is 2.72. The molecule has 1 aliphatic rings. The molecule has 0 bridgehead atoms. The molecule has 0 atom stereocenters. The van der Waals surface area contributed by atoms with E-state index in [0.29, 0.717) is 0 Å². The summed E-state index contributed by atoms with van der Waals surface area (Å²) in [7, 11) is 0. The third-order valence-electron chi connectivity index (χ3n) is 3.57. The Morgan fingerprint density at radius 2 is 1.86 bits per heavy atom. The zero-order valence-corrected chi connectivity index (χ0v) is 13.0. The van der Waals surface area contributed by atoms with Crippen LogP contribution in [0.25, 0.3) is 0 Å². The molecule has 0 N–H and O–H groups in total. The van der Waals surface area contributed by atoms with Crippen LogP contribution in [0.4, 0.5) is 4.79 Å². The lowest BCUT2D eigenvalue weighted by atomic mass is 9.75. The first-order valence-electron chi connectivity index (χ1n) is 7.03. The van der Waals surface area contributed by atoms with Crippen LogP contribution >= 0.6 is 0 Å². The molecular formula is C13H21N3O6. The van der Waals surface area contributed by atoms with Crippen molar-refractivity contribution in [2.24, 2.45) is 10.6 Å². The summed E-state index contributed by atoms with van der Waals surface area (Å²) in [5, 5.41) is 13.1. The summed E-state index contributed by atoms with van der Waals surface area (Å²) in [4.78, 5) is 45.3. The SMILES string of the molecule is CC(C)(C)OC(=O)N1CCC(CC(=O)N=O)(C[N+](=O)[O-])CC1. The van der Waals surface area contributed by atoms with Crippen molar-refractivity contribution < 1.29 is 19.2 Å². The van der Waals surface area contributed by atoms with Crippen LogP contribution in [0.2, 0.25) is 0 Å². The van der Waals surface area contributed by atoms with Crippen molar-refractivity contribution in [1.29, 1.82) is 0 Å². The van der Waals surface area contributed by atoms with Crippen LogP contribution in [0.3, 0.4) is 0 Å². The lowest BCUT2D eigenvalue weighted by Gasteiger charge is -2.38. The van der Waals surface area contributed by atoms with Crippen molar-refractivity contribution in [3.8, 4) is 0 Å². The Morgan fingerprint density at radius 3 is 2.27 bits per heavy atom. The highest BCUT2D eigenvalue weighted by Crippen LogP contribution is 2.36. The fourth-order valence-electron chi connectivity index (χ4n) is 2.51. The number of carbonyl (C=O) groups is 2. The molecule has 0 aliphatic carbocycles. The average molecular weight is 315 g/mol. The van der Waals surface area contributed by atoms with Gasteiger partial charge in [0, 0.05) is 35.0 Å². The summed E-state index contributed by atoms with van der Waals surface area (Å²) >= 11 is 0. The highest BCUT2D eigenvalue weighted by atomic mass is 16.6. The fourth-order valence-corrected chi connectivity index (χ4v) is 2.51. The van der Waals surface area contributed by atoms with Crippen molar-refractivity contribution >= 4 is 12.0 Å². The van der Waals surface area contributed by atoms with Crippen LogP contribution in [-0.2, 0) is 9.53 Å². The van der Waals surface area contributed by atoms with Crippen molar-refractivity contribution in [3.63, 3.8) is 0 Å². The number of hydrogen-bond acceptors (Lipinski definition) is 6. The summed E-state index contributed by atoms with van der Waals surface area (Å²) in [6, 6.07) is 0. The normalized spacial score (nSPS) is 17.7. The maximum Gasteiger partial charge on any atom is 0.410 e. The number of nitro groups is 1. The summed E-state index contributed by atoms with van der Waals surface area (Å²) in [5.74, 6) is -0.896. The molecular weight excluding hydrogens is 294 g/mol. The van der Waals surface area contributed by atoms with Crippen LogP contribution < -0.4 is 0 Å². The molecule has 0 aromatic rings. The molecule has 1 aliphatic heterocycles. The van der Waals surface area contributed by atoms with Gasteiger partial charge in [-0.15, -0.1) is 4.91 Å². The molecule has 9 nitrogen and oxygen atoms in total. The van der Waals surface area contributed by atoms with Gasteiger partial charge in [-0.25, -0.2) is 4.79 Å². The molecule has 0 unspecified atom stereocenters. The number of nitrogens with zero attached hydrogens (tertiary/aromatic N) is 3. The number of nitroso groups, excluding NO2 is 1. The molecule has 124 valence electrons. The lowest BCUT2D eigenvalue weighted by Crippen LogP contribution is -2.47. The van der Waals surface area contributed by atoms with E-state index in [1.165, 1.54) is 4.90 Å². The maximum atomic E-state index is 12.0. The lowest BCUT2D eigenvalue weighted by molar-refractivity contribution is -0.498. The number of amides is 2. The second kappa shape index (κ2) is 6.80. The van der Waals surface area contributed by atoms with E-state index in [4.69, 9.17) is 4.74 Å². The zero-order valence-electron chi connectivity index (χ0n) is 13.0. The van der Waals surface area contributed by atoms with Crippen LogP contribution in [0.1, 0.15) is 40.0 Å². The molecule has 9 heteroatoms. The highest BCUT2D eigenvalue weighted by Gasteiger charge is 2.42. The van der Waals surface area contributed by atoms with E-state index in [1.807, 2.05) is 0 Å². The van der Waals surface area contributed by atoms with Gasteiger partial charge in [0.15, 0.2) is 0 Å². The van der Waals surface area contributed by atoms with Gasteiger partial charge >= 0.3 is 6.09 Å². The molecule has 1 heterocycles. The van der Waals surface area contributed by atoms with E-state index in [-0.39, 0.29) is 32.4 Å². The van der Waals surface area contributed by atoms with Crippen molar-refractivity contribution in [3.05, 3.63) is 15.0 Å². The second-order valence-corrected chi connectivity index (χ2v) is 6.62. The number of hydrogen-bond donors (Lipinski definition) is 0. The summed E-state index contributed by atoms with van der Waals surface area (Å²) in [6.45, 7) is 5.32. The smallest absolute Gasteiger partial charge is 0.410 e. The predicted molar refractivity (Wildman–Crippen MR) is 76.8 cm³/mol. The monoisotopic (exact) mass is 315 g/mol. The largest absolute Gasteiger partial charge is 0.444 e. The van der Waals surface area contributed by atoms with Crippen LogP contribution in [0, 0.1) is 20.4 Å². The summed E-state index contributed by atoms with van der Waals surface area (Å²) < 4.78 is 5.25. The number of rotatable bonds is 4. The minimum Gasteiger partial charge on any atom is -0.444 e. The van der Waals surface area contributed by atoms with Crippen LogP contribution in [0.5, 0.6) is 0 Å². The number of ether oxygens (including phenoxy) is 1. The molecule has 0 aromatic heterocycles. The Kier molecular flexibility index (Phi) is 5.56. The zero-order chi connectivity index (χ0) is 17.0. The van der Waals surface area contributed by atoms with Gasteiger partial charge in [0.2, 0.25) is 6.54 Å². The van der Waals surface area contributed by atoms with E-state index >= 15 is 0 Å². The number of carbonyl (C=O) groups excluding carboxylic acids is 2. The average Bonchev–Trinajstić information content (AvgIpc) is 2.36. The quantitative estimate of drug-likeness (QED) is 0.444. The topological polar surface area (TPSA) is 119 Å². The fraction of sp³-hybridized carbons (Fsp3) is 0.846. The van der Waals surface area contributed by atoms with E-state index in [0.717, 1.165) is 0 Å². The van der Waals surface area contributed by atoms with Gasteiger partial charge in [-0.1, -0.05) is 0 Å². The van der Waals surface area contributed by atoms with E-state index in [2.05, 4.69) is 5.18 Å². The predicted octanol–water partition coefficient (Wildman–Crippen LogP) is 1.96. The van der Waals surface area contributed by atoms with Gasteiger partial charge in [0.05, 0.1) is 0 Å². The summed E-state index contributed by atoms with van der Waals surface area (Å²) in [5.41, 5.74) is -1.54. The molecule has 0 radical (unpaired) electrons. The van der Waals surface area contributed by atoms with Crippen LogP contribution in [0.15, 0.2) is 5.18 Å². The Hall–Kier alpha value is -2.06. The van der Waals surface area contributed by atoms with Crippen molar-refractivity contribution in [1.82, 2.24) is 4.90 Å². The molecule has 1 saturated heterocycles. The molecule has 0 spiro atoms. The Labute approximate surface area is 128 Å². The van der Waals surface area contributed by atoms with E-state index in [1.54, 1.807) is 20.8 Å². The van der Waals surface area contributed by atoms with Crippen molar-refractivity contribution in [2.45, 2.75) is 45.6 Å². The summed E-state index contributed by atoms with van der Waals surface area (Å²) in [6.07, 6.45) is -0.232. The maximum absolute atomic E-state index is 12.0. The number of likely N-dealkylation sites (tertiary alicyclic amines) is 1. The molecule has 2 amide bonds. The minimum atomic E-state index is -0.924. The minimum absolute atomic E-state index is 0.245. The first kappa shape index (κ1) is 18.0.